The van der Waals surface area contributed by atoms with Gasteiger partial charge in [-0.2, -0.15) is 0 Å². The number of hydrogen-bond acceptors (Lipinski definition) is 8. The lowest BCUT2D eigenvalue weighted by molar-refractivity contribution is -0.889. The van der Waals surface area contributed by atoms with Crippen molar-refractivity contribution in [3.63, 3.8) is 0 Å². The first-order valence-corrected chi connectivity index (χ1v) is 9.07. The molecule has 9 nitrogen and oxygen atoms in total. The van der Waals surface area contributed by atoms with E-state index in [1.807, 2.05) is 0 Å². The summed E-state index contributed by atoms with van der Waals surface area (Å²) in [6.45, 7) is 9.43. The van der Waals surface area contributed by atoms with Crippen LogP contribution in [0.3, 0.4) is 0 Å². The van der Waals surface area contributed by atoms with Gasteiger partial charge in [-0.05, 0) is 13.8 Å². The zero-order valence-corrected chi connectivity index (χ0v) is 17.2. The highest BCUT2D eigenvalue weighted by Crippen LogP contribution is 2.29. The number of carbonyl (C=O) groups is 3. The average Bonchev–Trinajstić information content (AvgIpc) is 2.53. The fraction of sp³-hybridized carbons (Fsp3) is 0.833. The SMILES string of the molecule is CC[N+](C)(C)CCOC1O[C@H](C)[C@H](OC(C)=O)[C@H](OC(C)=O)[C@H]1OC(C)=O. The molecule has 9 heteroatoms. The van der Waals surface area contributed by atoms with Crippen molar-refractivity contribution in [2.24, 2.45) is 0 Å². The lowest BCUT2D eigenvalue weighted by atomic mass is 9.99. The van der Waals surface area contributed by atoms with E-state index in [9.17, 15) is 14.4 Å². The van der Waals surface area contributed by atoms with Crippen LogP contribution in [0.1, 0.15) is 34.6 Å². The Bertz CT molecular complexity index is 535. The minimum Gasteiger partial charge on any atom is -0.456 e. The Hall–Kier alpha value is -1.71. The van der Waals surface area contributed by atoms with Crippen LogP contribution < -0.4 is 0 Å². The smallest absolute Gasteiger partial charge is 0.303 e. The largest absolute Gasteiger partial charge is 0.456 e. The summed E-state index contributed by atoms with van der Waals surface area (Å²) in [5.41, 5.74) is 0. The van der Waals surface area contributed by atoms with Crippen molar-refractivity contribution >= 4 is 17.9 Å². The molecular formula is C18H32NO8+. The Balaban J connectivity index is 3.02. The first kappa shape index (κ1) is 23.3. The number of nitrogens with zero attached hydrogens (tertiary/aromatic N) is 1. The van der Waals surface area contributed by atoms with Crippen molar-refractivity contribution in [3.05, 3.63) is 0 Å². The van der Waals surface area contributed by atoms with Gasteiger partial charge in [0.15, 0.2) is 24.6 Å². The molecule has 5 atom stereocenters. The maximum absolute atomic E-state index is 11.6. The van der Waals surface area contributed by atoms with E-state index in [2.05, 4.69) is 21.0 Å². The third-order valence-corrected chi connectivity index (χ3v) is 4.47. The van der Waals surface area contributed by atoms with Crippen molar-refractivity contribution in [3.8, 4) is 0 Å². The molecule has 1 aliphatic rings. The first-order valence-electron chi connectivity index (χ1n) is 9.07. The predicted molar refractivity (Wildman–Crippen MR) is 94.5 cm³/mol. The van der Waals surface area contributed by atoms with Crippen molar-refractivity contribution in [1.82, 2.24) is 0 Å². The van der Waals surface area contributed by atoms with Crippen LogP contribution in [0, 0.1) is 0 Å². The second-order valence-electron chi connectivity index (χ2n) is 7.28. The van der Waals surface area contributed by atoms with Gasteiger partial charge in [0.1, 0.15) is 6.54 Å². The molecule has 0 aromatic rings. The van der Waals surface area contributed by atoms with Crippen LogP contribution in [0.25, 0.3) is 0 Å². The van der Waals surface area contributed by atoms with Crippen LogP contribution in [0.2, 0.25) is 0 Å². The lowest BCUT2D eigenvalue weighted by Gasteiger charge is -2.43. The second-order valence-corrected chi connectivity index (χ2v) is 7.28. The highest BCUT2D eigenvalue weighted by atomic mass is 16.7. The fourth-order valence-corrected chi connectivity index (χ4v) is 2.68. The molecule has 0 saturated carbocycles. The van der Waals surface area contributed by atoms with Crippen LogP contribution in [0.4, 0.5) is 0 Å². The molecule has 1 unspecified atom stereocenters. The molecule has 0 spiro atoms. The molecule has 1 fully saturated rings. The van der Waals surface area contributed by atoms with Crippen LogP contribution in [-0.4, -0.2) is 86.9 Å². The minimum absolute atomic E-state index is 0.348. The molecule has 27 heavy (non-hydrogen) atoms. The van der Waals surface area contributed by atoms with Gasteiger partial charge in [0.25, 0.3) is 0 Å². The third-order valence-electron chi connectivity index (χ3n) is 4.47. The normalized spacial score (nSPS) is 28.3. The van der Waals surface area contributed by atoms with Gasteiger partial charge < -0.3 is 28.2 Å². The average molecular weight is 390 g/mol. The Kier molecular flexibility index (Phi) is 8.64. The van der Waals surface area contributed by atoms with E-state index in [-0.39, 0.29) is 0 Å². The van der Waals surface area contributed by atoms with E-state index in [4.69, 9.17) is 23.7 Å². The molecule has 0 radical (unpaired) electrons. The van der Waals surface area contributed by atoms with Gasteiger partial charge in [0.2, 0.25) is 0 Å². The predicted octanol–water partition coefficient (Wildman–Crippen LogP) is 0.639. The van der Waals surface area contributed by atoms with Gasteiger partial charge in [0, 0.05) is 20.8 Å². The molecule has 0 amide bonds. The number of quaternary nitrogens is 1. The number of likely N-dealkylation sites (N-methyl/N-ethyl adjacent to an activating group) is 1. The number of carbonyl (C=O) groups excluding carboxylic acids is 3. The minimum atomic E-state index is -1.05. The van der Waals surface area contributed by atoms with Crippen molar-refractivity contribution in [2.75, 3.05) is 33.8 Å². The summed E-state index contributed by atoms with van der Waals surface area (Å²) in [5, 5.41) is 0. The quantitative estimate of drug-likeness (QED) is 0.338. The van der Waals surface area contributed by atoms with E-state index in [0.717, 1.165) is 11.0 Å². The van der Waals surface area contributed by atoms with E-state index in [0.29, 0.717) is 13.2 Å². The molecule has 1 aliphatic heterocycles. The molecule has 1 heterocycles. The lowest BCUT2D eigenvalue weighted by Crippen LogP contribution is -2.61. The fourth-order valence-electron chi connectivity index (χ4n) is 2.68. The van der Waals surface area contributed by atoms with Gasteiger partial charge >= 0.3 is 17.9 Å². The maximum atomic E-state index is 11.6. The molecule has 0 aromatic heterocycles. The first-order chi connectivity index (χ1) is 12.5. The van der Waals surface area contributed by atoms with Gasteiger partial charge in [0.05, 0.1) is 33.4 Å². The van der Waals surface area contributed by atoms with Gasteiger partial charge in [-0.3, -0.25) is 14.4 Å². The third kappa shape index (κ3) is 7.43. The van der Waals surface area contributed by atoms with E-state index < -0.39 is 48.6 Å². The topological polar surface area (TPSA) is 97.4 Å². The molecule has 0 bridgehead atoms. The van der Waals surface area contributed by atoms with E-state index >= 15 is 0 Å². The summed E-state index contributed by atoms with van der Waals surface area (Å²) in [6.07, 6.45) is -4.57. The molecule has 156 valence electrons. The molecule has 0 N–H and O–H groups in total. The van der Waals surface area contributed by atoms with Crippen molar-refractivity contribution in [2.45, 2.75) is 65.3 Å². The van der Waals surface area contributed by atoms with Crippen molar-refractivity contribution in [1.29, 1.82) is 0 Å². The number of hydrogen-bond donors (Lipinski definition) is 0. The van der Waals surface area contributed by atoms with Gasteiger partial charge in [-0.15, -0.1) is 0 Å². The highest BCUT2D eigenvalue weighted by molar-refractivity contribution is 5.68. The molecule has 1 saturated heterocycles. The summed E-state index contributed by atoms with van der Waals surface area (Å²) in [6, 6.07) is 0. The van der Waals surface area contributed by atoms with Crippen LogP contribution in [-0.2, 0) is 38.1 Å². The Labute approximate surface area is 160 Å². The molecular weight excluding hydrogens is 358 g/mol. The Morgan fingerprint density at radius 1 is 0.889 bits per heavy atom. The second kappa shape index (κ2) is 10.0. The van der Waals surface area contributed by atoms with E-state index in [1.54, 1.807) is 6.92 Å². The van der Waals surface area contributed by atoms with Crippen LogP contribution in [0.5, 0.6) is 0 Å². The summed E-state index contributed by atoms with van der Waals surface area (Å²) >= 11 is 0. The molecule has 0 aromatic carbocycles. The summed E-state index contributed by atoms with van der Waals surface area (Å²) in [4.78, 5) is 34.6. The number of ether oxygens (including phenoxy) is 5. The number of esters is 3. The zero-order valence-electron chi connectivity index (χ0n) is 17.2. The van der Waals surface area contributed by atoms with Gasteiger partial charge in [-0.1, -0.05) is 0 Å². The molecule has 1 rings (SSSR count). The molecule has 0 aliphatic carbocycles. The standard InChI is InChI=1S/C18H32NO8/c1-8-19(6,7)9-10-23-18-17(27-14(5)22)16(26-13(4)21)15(11(2)24-18)25-12(3)20/h11,15-18H,8-10H2,1-7H3/q+1/t11-,15+,16+,17-,18?/m1/s1. The monoisotopic (exact) mass is 390 g/mol. The Morgan fingerprint density at radius 2 is 1.37 bits per heavy atom. The van der Waals surface area contributed by atoms with Crippen LogP contribution >= 0.6 is 0 Å². The van der Waals surface area contributed by atoms with Gasteiger partial charge in [-0.25, -0.2) is 0 Å². The number of rotatable bonds is 8. The summed E-state index contributed by atoms with van der Waals surface area (Å²) in [7, 11) is 4.13. The van der Waals surface area contributed by atoms with Crippen molar-refractivity contribution < 1.29 is 42.6 Å². The maximum Gasteiger partial charge on any atom is 0.303 e. The Morgan fingerprint density at radius 3 is 1.85 bits per heavy atom. The van der Waals surface area contributed by atoms with E-state index in [1.165, 1.54) is 20.8 Å². The highest BCUT2D eigenvalue weighted by Gasteiger charge is 2.51. The van der Waals surface area contributed by atoms with Crippen LogP contribution in [0.15, 0.2) is 0 Å². The summed E-state index contributed by atoms with van der Waals surface area (Å²) in [5.74, 6) is -1.74. The summed E-state index contributed by atoms with van der Waals surface area (Å²) < 4.78 is 28.3. The zero-order chi connectivity index (χ0) is 20.8.